The molecular formula is C15H17N3OS2. The lowest BCUT2D eigenvalue weighted by Crippen LogP contribution is -2.21. The Morgan fingerprint density at radius 3 is 2.95 bits per heavy atom. The summed E-state index contributed by atoms with van der Waals surface area (Å²) in [4.78, 5) is 22.9. The number of rotatable bonds is 4. The molecule has 0 aliphatic heterocycles. The van der Waals surface area contributed by atoms with Crippen LogP contribution in [0.4, 0.5) is 0 Å². The van der Waals surface area contributed by atoms with Crippen molar-refractivity contribution in [2.24, 2.45) is 0 Å². The van der Waals surface area contributed by atoms with Crippen LogP contribution in [0.25, 0.3) is 10.2 Å². The minimum Gasteiger partial charge on any atom is -0.309 e. The summed E-state index contributed by atoms with van der Waals surface area (Å²) in [6.07, 6.45) is 0. The van der Waals surface area contributed by atoms with Gasteiger partial charge in [-0.15, -0.1) is 22.7 Å². The third-order valence-electron chi connectivity index (χ3n) is 3.63. The molecule has 0 amide bonds. The van der Waals surface area contributed by atoms with Crippen molar-refractivity contribution >= 4 is 32.9 Å². The second-order valence-corrected chi connectivity index (χ2v) is 7.28. The number of thiophene rings is 2. The van der Waals surface area contributed by atoms with Gasteiger partial charge in [-0.05, 0) is 37.8 Å². The number of nitrogens with zero attached hydrogens (tertiary/aromatic N) is 1. The Labute approximate surface area is 130 Å². The first-order chi connectivity index (χ1) is 10.1. The SMILES string of the molecule is Cc1sc2nc(CN[C@H](C)c3cccs3)[nH]c(=O)c2c1C. The number of hydrogen-bond acceptors (Lipinski definition) is 5. The molecule has 3 rings (SSSR count). The van der Waals surface area contributed by atoms with Crippen LogP contribution in [-0.4, -0.2) is 9.97 Å². The van der Waals surface area contributed by atoms with Gasteiger partial charge in [0.05, 0.1) is 11.9 Å². The molecule has 0 aliphatic carbocycles. The highest BCUT2D eigenvalue weighted by atomic mass is 32.1. The molecule has 1 atom stereocenters. The predicted molar refractivity (Wildman–Crippen MR) is 89.3 cm³/mol. The quantitative estimate of drug-likeness (QED) is 0.773. The Morgan fingerprint density at radius 2 is 2.24 bits per heavy atom. The van der Waals surface area contributed by atoms with Gasteiger partial charge in [-0.3, -0.25) is 4.79 Å². The van der Waals surface area contributed by atoms with Crippen molar-refractivity contribution in [3.63, 3.8) is 0 Å². The maximum Gasteiger partial charge on any atom is 0.259 e. The summed E-state index contributed by atoms with van der Waals surface area (Å²) in [6, 6.07) is 4.40. The van der Waals surface area contributed by atoms with Gasteiger partial charge in [0.2, 0.25) is 0 Å². The average Bonchev–Trinajstić information content (AvgIpc) is 3.06. The van der Waals surface area contributed by atoms with E-state index in [4.69, 9.17) is 0 Å². The Morgan fingerprint density at radius 1 is 1.43 bits per heavy atom. The highest BCUT2D eigenvalue weighted by Crippen LogP contribution is 2.25. The Hall–Kier alpha value is -1.50. The largest absolute Gasteiger partial charge is 0.309 e. The Balaban J connectivity index is 1.83. The number of fused-ring (bicyclic) bond motifs is 1. The third kappa shape index (κ3) is 2.79. The van der Waals surface area contributed by atoms with Crippen LogP contribution < -0.4 is 10.9 Å². The first-order valence-corrected chi connectivity index (χ1v) is 8.51. The zero-order valence-electron chi connectivity index (χ0n) is 12.2. The maximum absolute atomic E-state index is 12.2. The summed E-state index contributed by atoms with van der Waals surface area (Å²) in [5.41, 5.74) is 0.998. The fourth-order valence-electron chi connectivity index (χ4n) is 2.27. The molecule has 0 saturated carbocycles. The highest BCUT2D eigenvalue weighted by Gasteiger charge is 2.12. The molecule has 2 N–H and O–H groups in total. The first-order valence-electron chi connectivity index (χ1n) is 6.82. The molecule has 0 spiro atoms. The van der Waals surface area contributed by atoms with Crippen molar-refractivity contribution in [2.45, 2.75) is 33.4 Å². The van der Waals surface area contributed by atoms with Crippen molar-refractivity contribution in [1.82, 2.24) is 15.3 Å². The van der Waals surface area contributed by atoms with E-state index in [2.05, 4.69) is 33.7 Å². The lowest BCUT2D eigenvalue weighted by molar-refractivity contribution is 0.567. The van der Waals surface area contributed by atoms with Gasteiger partial charge in [0.15, 0.2) is 0 Å². The first kappa shape index (κ1) is 14.4. The molecule has 0 aliphatic rings. The molecule has 0 aromatic carbocycles. The van der Waals surface area contributed by atoms with Gasteiger partial charge >= 0.3 is 0 Å². The number of H-pyrrole nitrogens is 1. The topological polar surface area (TPSA) is 57.8 Å². The van der Waals surface area contributed by atoms with Crippen LogP contribution in [0.2, 0.25) is 0 Å². The van der Waals surface area contributed by atoms with Crippen LogP contribution in [0.15, 0.2) is 22.3 Å². The molecule has 6 heteroatoms. The Bertz CT molecular complexity index is 817. The van der Waals surface area contributed by atoms with Gasteiger partial charge in [0, 0.05) is 15.8 Å². The van der Waals surface area contributed by atoms with E-state index in [1.807, 2.05) is 19.9 Å². The van der Waals surface area contributed by atoms with Crippen LogP contribution in [0.3, 0.4) is 0 Å². The standard InChI is InChI=1S/C15H17N3OS2/c1-8-10(3)21-15-13(8)14(19)17-12(18-15)7-16-9(2)11-5-4-6-20-11/h4-6,9,16H,7H2,1-3H3,(H,17,18,19)/t9-/m1/s1. The van der Waals surface area contributed by atoms with E-state index in [-0.39, 0.29) is 11.6 Å². The lowest BCUT2D eigenvalue weighted by atomic mass is 10.2. The minimum atomic E-state index is -0.0394. The average molecular weight is 319 g/mol. The zero-order valence-corrected chi connectivity index (χ0v) is 13.8. The number of nitrogens with one attached hydrogen (secondary N) is 2. The molecule has 21 heavy (non-hydrogen) atoms. The summed E-state index contributed by atoms with van der Waals surface area (Å²) in [6.45, 7) is 6.67. The normalized spacial score (nSPS) is 12.9. The van der Waals surface area contributed by atoms with Crippen LogP contribution in [-0.2, 0) is 6.54 Å². The Kier molecular flexibility index (Phi) is 3.93. The van der Waals surface area contributed by atoms with Crippen LogP contribution >= 0.6 is 22.7 Å². The number of aromatic amines is 1. The summed E-state index contributed by atoms with van der Waals surface area (Å²) in [7, 11) is 0. The van der Waals surface area contributed by atoms with Crippen LogP contribution in [0.5, 0.6) is 0 Å². The van der Waals surface area contributed by atoms with E-state index >= 15 is 0 Å². The van der Waals surface area contributed by atoms with Crippen LogP contribution in [0.1, 0.15) is 34.1 Å². The van der Waals surface area contributed by atoms with Gasteiger partial charge < -0.3 is 10.3 Å². The van der Waals surface area contributed by atoms with E-state index < -0.39 is 0 Å². The maximum atomic E-state index is 12.2. The van der Waals surface area contributed by atoms with E-state index in [9.17, 15) is 4.79 Å². The summed E-state index contributed by atoms with van der Waals surface area (Å²) < 4.78 is 0. The van der Waals surface area contributed by atoms with Gasteiger partial charge in [-0.2, -0.15) is 0 Å². The molecule has 3 heterocycles. The number of aryl methyl sites for hydroxylation is 2. The molecule has 110 valence electrons. The highest BCUT2D eigenvalue weighted by molar-refractivity contribution is 7.18. The molecule has 0 fully saturated rings. The van der Waals surface area contributed by atoms with E-state index in [1.165, 1.54) is 4.88 Å². The van der Waals surface area contributed by atoms with Gasteiger partial charge in [-0.25, -0.2) is 4.98 Å². The minimum absolute atomic E-state index is 0.0394. The fraction of sp³-hybridized carbons (Fsp3) is 0.333. The van der Waals surface area contributed by atoms with E-state index in [0.29, 0.717) is 12.4 Å². The van der Waals surface area contributed by atoms with Crippen molar-refractivity contribution in [2.75, 3.05) is 0 Å². The second kappa shape index (κ2) is 5.71. The summed E-state index contributed by atoms with van der Waals surface area (Å²) >= 11 is 3.31. The third-order valence-corrected chi connectivity index (χ3v) is 5.79. The number of aromatic nitrogens is 2. The van der Waals surface area contributed by atoms with Crippen molar-refractivity contribution < 1.29 is 0 Å². The molecule has 3 aromatic heterocycles. The summed E-state index contributed by atoms with van der Waals surface area (Å²) in [5.74, 6) is 0.692. The molecule has 0 radical (unpaired) electrons. The van der Waals surface area contributed by atoms with E-state index in [1.54, 1.807) is 22.7 Å². The lowest BCUT2D eigenvalue weighted by Gasteiger charge is -2.11. The molecule has 3 aromatic rings. The molecular weight excluding hydrogens is 302 g/mol. The van der Waals surface area contributed by atoms with Crippen molar-refractivity contribution in [3.8, 4) is 0 Å². The fourth-order valence-corrected chi connectivity index (χ4v) is 4.08. The second-order valence-electron chi connectivity index (χ2n) is 5.09. The van der Waals surface area contributed by atoms with Gasteiger partial charge in [0.1, 0.15) is 10.7 Å². The van der Waals surface area contributed by atoms with Crippen molar-refractivity contribution in [3.05, 3.63) is 49.0 Å². The molecule has 0 saturated heterocycles. The van der Waals surface area contributed by atoms with Gasteiger partial charge in [-0.1, -0.05) is 6.07 Å². The van der Waals surface area contributed by atoms with Gasteiger partial charge in [0.25, 0.3) is 5.56 Å². The monoisotopic (exact) mass is 319 g/mol. The van der Waals surface area contributed by atoms with E-state index in [0.717, 1.165) is 20.7 Å². The molecule has 4 nitrogen and oxygen atoms in total. The van der Waals surface area contributed by atoms with Crippen LogP contribution in [0, 0.1) is 13.8 Å². The smallest absolute Gasteiger partial charge is 0.259 e. The zero-order chi connectivity index (χ0) is 15.0. The predicted octanol–water partition coefficient (Wildman–Crippen LogP) is 3.51. The van der Waals surface area contributed by atoms with Crippen molar-refractivity contribution in [1.29, 1.82) is 0 Å². The molecule has 0 bridgehead atoms. The summed E-state index contributed by atoms with van der Waals surface area (Å²) in [5, 5.41) is 6.19. The number of hydrogen-bond donors (Lipinski definition) is 2. The molecule has 0 unspecified atom stereocenters.